The molecule has 0 rings (SSSR count). The summed E-state index contributed by atoms with van der Waals surface area (Å²) in [5, 5.41) is 13.9. The van der Waals surface area contributed by atoms with Gasteiger partial charge in [-0.2, -0.15) is 0 Å². The molecule has 0 bridgehead atoms. The Hall–Kier alpha value is 1.06. The van der Waals surface area contributed by atoms with Gasteiger partial charge in [0.05, 0.1) is 0 Å². The quantitative estimate of drug-likeness (QED) is 0.532. The van der Waals surface area contributed by atoms with Crippen molar-refractivity contribution in [2.24, 2.45) is 0 Å². The first-order valence-corrected chi connectivity index (χ1v) is 0.651. The van der Waals surface area contributed by atoms with Gasteiger partial charge in [-0.1, -0.05) is 0 Å². The van der Waals surface area contributed by atoms with E-state index in [1.54, 1.807) is 0 Å². The summed E-state index contributed by atoms with van der Waals surface area (Å²) in [6.45, 7) is 0. The van der Waals surface area contributed by atoms with Gasteiger partial charge in [-0.15, -0.1) is 0 Å². The Morgan fingerprint density at radius 2 is 1.33 bits per heavy atom. The third kappa shape index (κ3) is 74.0. The molecule has 0 spiro atoms. The van der Waals surface area contributed by atoms with E-state index in [2.05, 4.69) is 0 Å². The standard InChI is InChI=1S/CH2O3.La.Li.H/c2-1(3)4;;;/h(H2,2,3,4);;;. The van der Waals surface area contributed by atoms with E-state index in [-0.39, 0.29) is 54.5 Å². The molecule has 29 valence electrons. The van der Waals surface area contributed by atoms with Crippen LogP contribution in [-0.2, 0) is 0 Å². The molecule has 0 aliphatic heterocycles. The van der Waals surface area contributed by atoms with Crippen molar-refractivity contribution in [2.75, 3.05) is 0 Å². The first-order valence-electron chi connectivity index (χ1n) is 0.651. The van der Waals surface area contributed by atoms with E-state index in [4.69, 9.17) is 15.0 Å². The molecule has 0 atom stereocenters. The van der Waals surface area contributed by atoms with Crippen molar-refractivity contribution in [1.82, 2.24) is 0 Å². The predicted octanol–water partition coefficient (Wildman–Crippen LogP) is -0.426. The molecule has 1 radical (unpaired) electrons. The minimum absolute atomic E-state index is 0. The average molecular weight is 209 g/mol. The molecule has 0 aliphatic rings. The van der Waals surface area contributed by atoms with Crippen LogP contribution in [0, 0.1) is 35.6 Å². The second-order valence-corrected chi connectivity index (χ2v) is 0.283. The van der Waals surface area contributed by atoms with Gasteiger partial charge >= 0.3 is 25.0 Å². The number of hydrogen-bond acceptors (Lipinski definition) is 1. The topological polar surface area (TPSA) is 57.5 Å². The summed E-state index contributed by atoms with van der Waals surface area (Å²) in [6.07, 6.45) is -1.83. The summed E-state index contributed by atoms with van der Waals surface area (Å²) >= 11 is 0. The van der Waals surface area contributed by atoms with Gasteiger partial charge in [-0.25, -0.2) is 4.79 Å². The minimum atomic E-state index is -1.83. The first-order chi connectivity index (χ1) is 1.73. The molecule has 0 aromatic carbocycles. The number of carbonyl (C=O) groups is 1. The van der Waals surface area contributed by atoms with Gasteiger partial charge in [0.2, 0.25) is 0 Å². The second kappa shape index (κ2) is 9.41. The Balaban J connectivity index is -0.0000000450. The monoisotopic (exact) mass is 209 g/mol. The molecule has 0 saturated carbocycles. The van der Waals surface area contributed by atoms with Gasteiger partial charge < -0.3 is 10.2 Å². The molecule has 0 aliphatic carbocycles. The third-order valence-corrected chi connectivity index (χ3v) is 0. The average Bonchev–Trinajstić information content (AvgIpc) is 0.811. The zero-order valence-electron chi connectivity index (χ0n) is 2.38. The molecule has 0 amide bonds. The summed E-state index contributed by atoms with van der Waals surface area (Å²) in [7, 11) is 0. The van der Waals surface area contributed by atoms with Crippen LogP contribution < -0.4 is 0 Å². The molecule has 0 aromatic rings. The van der Waals surface area contributed by atoms with Crippen molar-refractivity contribution < 1.29 is 50.6 Å². The molecular weight excluding hydrogens is 206 g/mol. The maximum atomic E-state index is 8.56. The van der Waals surface area contributed by atoms with E-state index in [0.29, 0.717) is 0 Å². The van der Waals surface area contributed by atoms with E-state index in [1.807, 2.05) is 0 Å². The van der Waals surface area contributed by atoms with Crippen LogP contribution in [0.3, 0.4) is 0 Å². The van der Waals surface area contributed by atoms with Gasteiger partial charge in [0.25, 0.3) is 0 Å². The van der Waals surface area contributed by atoms with E-state index < -0.39 is 6.16 Å². The van der Waals surface area contributed by atoms with Crippen LogP contribution in [0.15, 0.2) is 0 Å². The van der Waals surface area contributed by atoms with Gasteiger partial charge in [-0.3, -0.25) is 0 Å². The summed E-state index contributed by atoms with van der Waals surface area (Å²) in [4.78, 5) is 8.56. The summed E-state index contributed by atoms with van der Waals surface area (Å²) in [5.74, 6) is 0. The first kappa shape index (κ1) is 15.7. The van der Waals surface area contributed by atoms with E-state index in [1.165, 1.54) is 0 Å². The fourth-order valence-corrected chi connectivity index (χ4v) is 0. The van der Waals surface area contributed by atoms with Crippen LogP contribution in [0.4, 0.5) is 4.79 Å². The van der Waals surface area contributed by atoms with Gasteiger partial charge in [0, 0.05) is 35.6 Å². The van der Waals surface area contributed by atoms with E-state index in [9.17, 15) is 0 Å². The van der Waals surface area contributed by atoms with Gasteiger partial charge in [-0.05, 0) is 0 Å². The normalized spacial score (nSPS) is 4.00. The molecule has 6 heavy (non-hydrogen) atoms. The van der Waals surface area contributed by atoms with Crippen molar-refractivity contribution in [3.8, 4) is 0 Å². The Bertz CT molecular complexity index is 33.8. The van der Waals surface area contributed by atoms with Crippen molar-refractivity contribution in [3.05, 3.63) is 0 Å². The SMILES string of the molecule is O=C(O)O.[La].[LiH]. The third-order valence-electron chi connectivity index (χ3n) is 0. The van der Waals surface area contributed by atoms with Gasteiger partial charge in [0.15, 0.2) is 0 Å². The molecule has 0 saturated heterocycles. The second-order valence-electron chi connectivity index (χ2n) is 0.283. The van der Waals surface area contributed by atoms with Crippen molar-refractivity contribution in [1.29, 1.82) is 0 Å². The Kier molecular flexibility index (Phi) is 24.7. The zero-order valence-corrected chi connectivity index (χ0v) is 6.01. The fraction of sp³-hybridized carbons (Fsp3) is 0. The molecule has 0 aromatic heterocycles. The predicted molar refractivity (Wildman–Crippen MR) is 17.8 cm³/mol. The molecule has 0 heterocycles. The maximum absolute atomic E-state index is 8.56. The van der Waals surface area contributed by atoms with Crippen LogP contribution in [0.2, 0.25) is 0 Å². The molecule has 3 nitrogen and oxygen atoms in total. The van der Waals surface area contributed by atoms with Crippen LogP contribution >= 0.6 is 0 Å². The Labute approximate surface area is 74.9 Å². The van der Waals surface area contributed by atoms with Crippen LogP contribution in [-0.4, -0.2) is 35.2 Å². The summed E-state index contributed by atoms with van der Waals surface area (Å²) in [5.41, 5.74) is 0. The Morgan fingerprint density at radius 1 is 1.33 bits per heavy atom. The van der Waals surface area contributed by atoms with Crippen molar-refractivity contribution in [2.45, 2.75) is 0 Å². The molecule has 0 unspecified atom stereocenters. The fourth-order valence-electron chi connectivity index (χ4n) is 0. The van der Waals surface area contributed by atoms with Gasteiger partial charge in [0.1, 0.15) is 0 Å². The van der Waals surface area contributed by atoms with Crippen molar-refractivity contribution >= 4 is 25.0 Å². The number of rotatable bonds is 0. The van der Waals surface area contributed by atoms with Crippen LogP contribution in [0.5, 0.6) is 0 Å². The number of hydrogen-bond donors (Lipinski definition) is 2. The van der Waals surface area contributed by atoms with Crippen molar-refractivity contribution in [3.63, 3.8) is 0 Å². The molecule has 5 heteroatoms. The molecule has 0 fully saturated rings. The Morgan fingerprint density at radius 3 is 1.33 bits per heavy atom. The molecular formula is CH3LaLiO3. The summed E-state index contributed by atoms with van der Waals surface area (Å²) < 4.78 is 0. The molecule has 2 N–H and O–H groups in total. The van der Waals surface area contributed by atoms with E-state index in [0.717, 1.165) is 0 Å². The zero-order chi connectivity index (χ0) is 3.58. The summed E-state index contributed by atoms with van der Waals surface area (Å²) in [6, 6.07) is 0. The van der Waals surface area contributed by atoms with Crippen LogP contribution in [0.25, 0.3) is 0 Å². The van der Waals surface area contributed by atoms with E-state index >= 15 is 0 Å². The number of carboxylic acid groups (broad SMARTS) is 2. The van der Waals surface area contributed by atoms with Crippen LogP contribution in [0.1, 0.15) is 0 Å².